The molecule has 4 saturated heterocycles. The Hall–Kier alpha value is -2.04. The van der Waals surface area contributed by atoms with E-state index < -0.39 is 0 Å². The molecule has 0 amide bonds. The third-order valence-corrected chi connectivity index (χ3v) is 10.7. The fraction of sp³-hybridized carbons (Fsp3) is 0.707. The summed E-state index contributed by atoms with van der Waals surface area (Å²) in [4.78, 5) is 0. The predicted octanol–water partition coefficient (Wildman–Crippen LogP) is 7.77. The van der Waals surface area contributed by atoms with Crippen LogP contribution >= 0.6 is 0 Å². The number of ether oxygens (including phenoxy) is 8. The monoisotopic (exact) mass is 684 g/mol. The molecular weight excluding hydrogens is 620 g/mol. The van der Waals surface area contributed by atoms with Gasteiger partial charge in [0.15, 0.2) is 0 Å². The van der Waals surface area contributed by atoms with Gasteiger partial charge >= 0.3 is 0 Å². The largest absolute Gasteiger partial charge is 0.493 e. The highest BCUT2D eigenvalue weighted by atomic mass is 16.5. The van der Waals surface area contributed by atoms with Crippen molar-refractivity contribution in [2.24, 2.45) is 21.7 Å². The number of rotatable bonds is 20. The molecule has 0 spiro atoms. The van der Waals surface area contributed by atoms with Crippen molar-refractivity contribution in [1.82, 2.24) is 0 Å². The minimum absolute atomic E-state index is 0.274. The third-order valence-electron chi connectivity index (χ3n) is 10.7. The van der Waals surface area contributed by atoms with Crippen molar-refractivity contribution in [3.8, 4) is 5.75 Å². The van der Waals surface area contributed by atoms with Crippen LogP contribution in [0.25, 0.3) is 0 Å². The number of unbranched alkanes of at least 4 members (excludes halogenated alkanes) is 1. The molecule has 276 valence electrons. The lowest BCUT2D eigenvalue weighted by molar-refractivity contribution is -0.153. The van der Waals surface area contributed by atoms with E-state index in [1.165, 1.54) is 5.56 Å². The lowest BCUT2D eigenvalue weighted by Gasteiger charge is -2.40. The van der Waals surface area contributed by atoms with Crippen molar-refractivity contribution in [2.75, 3.05) is 92.5 Å². The summed E-state index contributed by atoms with van der Waals surface area (Å²) in [5, 5.41) is 0. The molecule has 4 aliphatic heterocycles. The van der Waals surface area contributed by atoms with Crippen LogP contribution in [-0.4, -0.2) is 92.5 Å². The number of para-hydroxylation sites is 1. The molecule has 6 rings (SSSR count). The molecular formula is C41H64O8. The van der Waals surface area contributed by atoms with E-state index in [1.54, 1.807) is 0 Å². The van der Waals surface area contributed by atoms with Gasteiger partial charge in [-0.05, 0) is 56.2 Å². The third kappa shape index (κ3) is 12.6. The van der Waals surface area contributed by atoms with E-state index in [2.05, 4.69) is 39.8 Å². The van der Waals surface area contributed by atoms with E-state index in [0.717, 1.165) is 137 Å². The summed E-state index contributed by atoms with van der Waals surface area (Å²) in [6, 6.07) is 20.3. The van der Waals surface area contributed by atoms with E-state index in [4.69, 9.17) is 37.9 Å². The van der Waals surface area contributed by atoms with Gasteiger partial charge < -0.3 is 37.9 Å². The Morgan fingerprint density at radius 3 is 1.20 bits per heavy atom. The van der Waals surface area contributed by atoms with E-state index in [9.17, 15) is 0 Å². The Morgan fingerprint density at radius 1 is 0.469 bits per heavy atom. The van der Waals surface area contributed by atoms with Crippen LogP contribution in [0.2, 0.25) is 0 Å². The second-order valence-corrected chi connectivity index (χ2v) is 14.8. The molecule has 0 aliphatic carbocycles. The van der Waals surface area contributed by atoms with Crippen molar-refractivity contribution in [1.29, 1.82) is 0 Å². The Labute approximate surface area is 296 Å². The van der Waals surface area contributed by atoms with E-state index >= 15 is 0 Å². The first-order chi connectivity index (χ1) is 23.9. The topological polar surface area (TPSA) is 73.8 Å². The molecule has 0 aromatic heterocycles. The van der Waals surface area contributed by atoms with Crippen molar-refractivity contribution in [3.05, 3.63) is 66.2 Å². The second kappa shape index (κ2) is 20.7. The summed E-state index contributed by atoms with van der Waals surface area (Å²) in [6.07, 6.45) is 6.72. The van der Waals surface area contributed by atoms with Crippen LogP contribution < -0.4 is 4.74 Å². The maximum atomic E-state index is 5.78. The summed E-state index contributed by atoms with van der Waals surface area (Å²) in [6.45, 7) is 21.4. The van der Waals surface area contributed by atoms with Gasteiger partial charge in [0.25, 0.3) is 0 Å². The molecule has 0 radical (unpaired) electrons. The Bertz CT molecular complexity index is 1080. The summed E-state index contributed by atoms with van der Waals surface area (Å²) < 4.78 is 44.1. The fourth-order valence-electron chi connectivity index (χ4n) is 5.82. The first-order valence-corrected chi connectivity index (χ1v) is 18.7. The highest BCUT2D eigenvalue weighted by Crippen LogP contribution is 2.34. The minimum Gasteiger partial charge on any atom is -0.493 e. The standard InChI is InChI=1S/C16H30O4.C13H18O2.C12H16O2/c1-3-15(11-19-12-15)9-17-7-5-6-8-18-10-16(4-2)13-20-14-16;1-2-13(10-15-11-13)9-14-8-12-6-4-3-5-7-12;1-2-12(8-13-9-12)10-14-11-6-4-3-5-7-11/h3-14H2,1-2H3;3-7H,2,8-11H2,1H3;3-7H,2,8-10H2,1H3. The van der Waals surface area contributed by atoms with Crippen molar-refractivity contribution >= 4 is 0 Å². The van der Waals surface area contributed by atoms with Crippen LogP contribution in [0, 0.1) is 21.7 Å². The SMILES string of the molecule is CCC1(COCCCCOCC2(CC)COC2)COC1.CCC1(COCc2ccccc2)COC1.CCC1(COc2ccccc2)COC1. The first kappa shape index (κ1) is 39.7. The number of benzene rings is 2. The Kier molecular flexibility index (Phi) is 16.8. The summed E-state index contributed by atoms with van der Waals surface area (Å²) in [7, 11) is 0. The van der Waals surface area contributed by atoms with Gasteiger partial charge in [-0.2, -0.15) is 0 Å². The normalized spacial score (nSPS) is 20.4. The molecule has 0 atom stereocenters. The molecule has 8 nitrogen and oxygen atoms in total. The second-order valence-electron chi connectivity index (χ2n) is 14.8. The van der Waals surface area contributed by atoms with Gasteiger partial charge in [0.1, 0.15) is 5.75 Å². The quantitative estimate of drug-likeness (QED) is 0.131. The molecule has 0 N–H and O–H groups in total. The van der Waals surface area contributed by atoms with Crippen LogP contribution in [-0.2, 0) is 39.8 Å². The zero-order valence-electron chi connectivity index (χ0n) is 30.9. The van der Waals surface area contributed by atoms with Gasteiger partial charge in [-0.15, -0.1) is 0 Å². The zero-order chi connectivity index (χ0) is 34.7. The van der Waals surface area contributed by atoms with Crippen LogP contribution in [0.4, 0.5) is 0 Å². The van der Waals surface area contributed by atoms with Gasteiger partial charge in [-0.1, -0.05) is 76.2 Å². The summed E-state index contributed by atoms with van der Waals surface area (Å²) in [5.74, 6) is 0.951. The van der Waals surface area contributed by atoms with Crippen LogP contribution in [0.3, 0.4) is 0 Å². The highest BCUT2D eigenvalue weighted by Gasteiger charge is 2.39. The molecule has 2 aromatic rings. The minimum atomic E-state index is 0.274. The molecule has 2 aromatic carbocycles. The van der Waals surface area contributed by atoms with Crippen LogP contribution in [0.5, 0.6) is 5.75 Å². The van der Waals surface area contributed by atoms with Crippen LogP contribution in [0.15, 0.2) is 60.7 Å². The van der Waals surface area contributed by atoms with Crippen molar-refractivity contribution < 1.29 is 37.9 Å². The molecule has 0 bridgehead atoms. The van der Waals surface area contributed by atoms with Gasteiger partial charge in [-0.25, -0.2) is 0 Å². The maximum absolute atomic E-state index is 5.78. The van der Waals surface area contributed by atoms with Crippen molar-refractivity contribution in [2.45, 2.75) is 72.8 Å². The average Bonchev–Trinajstić information content (AvgIpc) is 3.07. The molecule has 4 aliphatic rings. The van der Waals surface area contributed by atoms with Gasteiger partial charge in [0.2, 0.25) is 0 Å². The van der Waals surface area contributed by atoms with Gasteiger partial charge in [0.05, 0.1) is 91.3 Å². The molecule has 4 heterocycles. The highest BCUT2D eigenvalue weighted by molar-refractivity contribution is 5.21. The summed E-state index contributed by atoms with van der Waals surface area (Å²) >= 11 is 0. The van der Waals surface area contributed by atoms with E-state index in [0.29, 0.717) is 22.9 Å². The van der Waals surface area contributed by atoms with Crippen molar-refractivity contribution in [3.63, 3.8) is 0 Å². The number of hydrogen-bond donors (Lipinski definition) is 0. The average molecular weight is 685 g/mol. The Balaban J connectivity index is 0.000000169. The van der Waals surface area contributed by atoms with Crippen LogP contribution in [0.1, 0.15) is 71.8 Å². The molecule has 0 saturated carbocycles. The maximum Gasteiger partial charge on any atom is 0.119 e. The summed E-state index contributed by atoms with van der Waals surface area (Å²) in [5.41, 5.74) is 2.44. The molecule has 49 heavy (non-hydrogen) atoms. The Morgan fingerprint density at radius 2 is 0.837 bits per heavy atom. The van der Waals surface area contributed by atoms with Gasteiger partial charge in [0, 0.05) is 29.5 Å². The smallest absolute Gasteiger partial charge is 0.119 e. The number of hydrogen-bond acceptors (Lipinski definition) is 8. The fourth-order valence-corrected chi connectivity index (χ4v) is 5.82. The zero-order valence-corrected chi connectivity index (χ0v) is 30.9. The van der Waals surface area contributed by atoms with Gasteiger partial charge in [-0.3, -0.25) is 0 Å². The first-order valence-electron chi connectivity index (χ1n) is 18.7. The lowest BCUT2D eigenvalue weighted by atomic mass is 9.84. The van der Waals surface area contributed by atoms with E-state index in [1.807, 2.05) is 48.5 Å². The lowest BCUT2D eigenvalue weighted by Crippen LogP contribution is -2.46. The molecule has 0 unspecified atom stereocenters. The molecule has 4 fully saturated rings. The predicted molar refractivity (Wildman–Crippen MR) is 193 cm³/mol. The molecule has 8 heteroatoms. The van der Waals surface area contributed by atoms with E-state index in [-0.39, 0.29) is 5.41 Å².